The molecule has 0 amide bonds. The van der Waals surface area contributed by atoms with E-state index in [4.69, 9.17) is 15.2 Å². The smallest absolute Gasteiger partial charge is 0.175 e. The van der Waals surface area contributed by atoms with Gasteiger partial charge >= 0.3 is 0 Å². The van der Waals surface area contributed by atoms with Crippen LogP contribution in [0, 0.1) is 0 Å². The van der Waals surface area contributed by atoms with Crippen molar-refractivity contribution in [2.45, 2.75) is 32.6 Å². The second-order valence-electron chi connectivity index (χ2n) is 3.88. The lowest BCUT2D eigenvalue weighted by Gasteiger charge is -2.20. The summed E-state index contributed by atoms with van der Waals surface area (Å²) in [6, 6.07) is 3.71. The highest BCUT2D eigenvalue weighted by atomic mass is 79.9. The first-order chi connectivity index (χ1) is 7.99. The molecule has 1 rings (SSSR count). The summed E-state index contributed by atoms with van der Waals surface area (Å²) in [7, 11) is 1.57. The zero-order valence-corrected chi connectivity index (χ0v) is 11.8. The van der Waals surface area contributed by atoms with Crippen LogP contribution < -0.4 is 15.2 Å². The van der Waals surface area contributed by atoms with Crippen LogP contribution in [0.1, 0.15) is 19.4 Å². The molecule has 96 valence electrons. The van der Waals surface area contributed by atoms with E-state index in [-0.39, 0.29) is 6.10 Å². The summed E-state index contributed by atoms with van der Waals surface area (Å²) in [5, 5.41) is 9.44. The summed E-state index contributed by atoms with van der Waals surface area (Å²) in [6.45, 7) is 3.91. The second kappa shape index (κ2) is 6.23. The van der Waals surface area contributed by atoms with Gasteiger partial charge in [-0.15, -0.1) is 0 Å². The third-order valence-corrected chi connectivity index (χ3v) is 3.10. The Balaban J connectivity index is 3.05. The van der Waals surface area contributed by atoms with Gasteiger partial charge < -0.3 is 20.3 Å². The van der Waals surface area contributed by atoms with Gasteiger partial charge in [0.15, 0.2) is 11.5 Å². The van der Waals surface area contributed by atoms with Crippen LogP contribution in [0.2, 0.25) is 0 Å². The number of hydrogen-bond acceptors (Lipinski definition) is 4. The Labute approximate surface area is 110 Å². The number of rotatable bonds is 5. The van der Waals surface area contributed by atoms with Crippen molar-refractivity contribution in [3.63, 3.8) is 0 Å². The van der Waals surface area contributed by atoms with Crippen molar-refractivity contribution in [2.24, 2.45) is 5.73 Å². The predicted octanol–water partition coefficient (Wildman–Crippen LogP) is 2.06. The van der Waals surface area contributed by atoms with E-state index >= 15 is 0 Å². The molecular weight excluding hydrogens is 286 g/mol. The summed E-state index contributed by atoms with van der Waals surface area (Å²) in [6.07, 6.45) is -0.871. The van der Waals surface area contributed by atoms with Crippen LogP contribution in [0.4, 0.5) is 0 Å². The number of methoxy groups -OCH3 is 1. The van der Waals surface area contributed by atoms with E-state index in [1.807, 2.05) is 12.1 Å². The van der Waals surface area contributed by atoms with Gasteiger partial charge in [-0.3, -0.25) is 0 Å². The third-order valence-electron chi connectivity index (χ3n) is 2.51. The predicted molar refractivity (Wildman–Crippen MR) is 70.4 cm³/mol. The van der Waals surface area contributed by atoms with Crippen LogP contribution in [0.3, 0.4) is 0 Å². The molecular formula is C12H18BrNO3. The lowest BCUT2D eigenvalue weighted by atomic mass is 10.2. The van der Waals surface area contributed by atoms with Gasteiger partial charge in [0.25, 0.3) is 0 Å². The molecule has 17 heavy (non-hydrogen) atoms. The van der Waals surface area contributed by atoms with Crippen molar-refractivity contribution in [1.82, 2.24) is 0 Å². The highest BCUT2D eigenvalue weighted by molar-refractivity contribution is 9.10. The monoisotopic (exact) mass is 303 g/mol. The van der Waals surface area contributed by atoms with E-state index in [2.05, 4.69) is 15.9 Å². The molecule has 0 aromatic heterocycles. The molecule has 0 fully saturated rings. The van der Waals surface area contributed by atoms with Crippen molar-refractivity contribution in [1.29, 1.82) is 0 Å². The molecule has 1 aromatic carbocycles. The molecule has 0 aliphatic rings. The van der Waals surface area contributed by atoms with E-state index in [9.17, 15) is 5.11 Å². The molecule has 2 unspecified atom stereocenters. The molecule has 0 saturated heterocycles. The van der Waals surface area contributed by atoms with Crippen molar-refractivity contribution in [3.8, 4) is 11.5 Å². The van der Waals surface area contributed by atoms with Crippen molar-refractivity contribution < 1.29 is 14.6 Å². The number of aliphatic hydroxyl groups is 1. The van der Waals surface area contributed by atoms with Gasteiger partial charge in [0.05, 0.1) is 17.7 Å². The molecule has 5 heteroatoms. The first kappa shape index (κ1) is 14.3. The van der Waals surface area contributed by atoms with Crippen LogP contribution in [-0.4, -0.2) is 24.4 Å². The first-order valence-corrected chi connectivity index (χ1v) is 6.20. The number of benzene rings is 1. The minimum absolute atomic E-state index is 0.316. The minimum Gasteiger partial charge on any atom is -0.493 e. The van der Waals surface area contributed by atoms with Gasteiger partial charge in [0.2, 0.25) is 0 Å². The molecule has 0 bridgehead atoms. The zero-order valence-electron chi connectivity index (χ0n) is 10.2. The van der Waals surface area contributed by atoms with E-state index in [1.54, 1.807) is 21.0 Å². The van der Waals surface area contributed by atoms with E-state index < -0.39 is 6.10 Å². The summed E-state index contributed by atoms with van der Waals surface area (Å²) < 4.78 is 11.7. The average Bonchev–Trinajstić information content (AvgIpc) is 2.30. The Morgan fingerprint density at radius 3 is 2.53 bits per heavy atom. The van der Waals surface area contributed by atoms with Gasteiger partial charge in [-0.05, 0) is 47.5 Å². The fraction of sp³-hybridized carbons (Fsp3) is 0.500. The Hall–Kier alpha value is -0.780. The molecule has 0 spiro atoms. The maximum absolute atomic E-state index is 9.44. The van der Waals surface area contributed by atoms with Gasteiger partial charge in [0, 0.05) is 6.54 Å². The summed E-state index contributed by atoms with van der Waals surface area (Å²) in [5.41, 5.74) is 6.53. The molecule has 4 nitrogen and oxygen atoms in total. The number of halogens is 1. The fourth-order valence-corrected chi connectivity index (χ4v) is 1.87. The summed E-state index contributed by atoms with van der Waals surface area (Å²) >= 11 is 3.42. The van der Waals surface area contributed by atoms with Crippen LogP contribution >= 0.6 is 15.9 Å². The largest absolute Gasteiger partial charge is 0.493 e. The maximum Gasteiger partial charge on any atom is 0.175 e. The highest BCUT2D eigenvalue weighted by Gasteiger charge is 2.17. The molecule has 0 heterocycles. The molecule has 0 radical (unpaired) electrons. The van der Waals surface area contributed by atoms with E-state index in [0.717, 1.165) is 10.0 Å². The SMILES string of the molecule is COc1cc(CN)cc(Br)c1OC(C)C(C)O. The molecule has 0 saturated carbocycles. The maximum atomic E-state index is 9.44. The van der Waals surface area contributed by atoms with Crippen LogP contribution in [0.5, 0.6) is 11.5 Å². The molecule has 3 N–H and O–H groups in total. The minimum atomic E-state index is -0.555. The normalized spacial score (nSPS) is 14.2. The van der Waals surface area contributed by atoms with Gasteiger partial charge in [-0.2, -0.15) is 0 Å². The van der Waals surface area contributed by atoms with Gasteiger partial charge in [-0.1, -0.05) is 0 Å². The van der Waals surface area contributed by atoms with E-state index in [0.29, 0.717) is 18.0 Å². The molecule has 0 aliphatic carbocycles. The Morgan fingerprint density at radius 2 is 2.06 bits per heavy atom. The Kier molecular flexibility index (Phi) is 5.24. The highest BCUT2D eigenvalue weighted by Crippen LogP contribution is 2.37. The quantitative estimate of drug-likeness (QED) is 0.874. The first-order valence-electron chi connectivity index (χ1n) is 5.40. The number of ether oxygens (including phenoxy) is 2. The number of nitrogens with two attached hydrogens (primary N) is 1. The van der Waals surface area contributed by atoms with Crippen molar-refractivity contribution in [3.05, 3.63) is 22.2 Å². The zero-order chi connectivity index (χ0) is 13.0. The Morgan fingerprint density at radius 1 is 1.41 bits per heavy atom. The van der Waals surface area contributed by atoms with E-state index in [1.165, 1.54) is 0 Å². The van der Waals surface area contributed by atoms with Gasteiger partial charge in [0.1, 0.15) is 6.10 Å². The summed E-state index contributed by atoms with van der Waals surface area (Å²) in [5.74, 6) is 1.19. The van der Waals surface area contributed by atoms with Crippen molar-refractivity contribution >= 4 is 15.9 Å². The van der Waals surface area contributed by atoms with Crippen LogP contribution in [-0.2, 0) is 6.54 Å². The third kappa shape index (κ3) is 3.59. The number of aliphatic hydroxyl groups excluding tert-OH is 1. The average molecular weight is 304 g/mol. The topological polar surface area (TPSA) is 64.7 Å². The van der Waals surface area contributed by atoms with Crippen LogP contribution in [0.15, 0.2) is 16.6 Å². The van der Waals surface area contributed by atoms with Crippen LogP contribution in [0.25, 0.3) is 0 Å². The molecule has 0 aliphatic heterocycles. The Bertz CT molecular complexity index is 382. The fourth-order valence-electron chi connectivity index (χ4n) is 1.29. The van der Waals surface area contributed by atoms with Gasteiger partial charge in [-0.25, -0.2) is 0 Å². The summed E-state index contributed by atoms with van der Waals surface area (Å²) in [4.78, 5) is 0. The number of hydrogen-bond donors (Lipinski definition) is 2. The molecule has 1 aromatic rings. The molecule has 2 atom stereocenters. The lowest BCUT2D eigenvalue weighted by molar-refractivity contribution is 0.0581. The standard InChI is InChI=1S/C12H18BrNO3/c1-7(15)8(2)17-12-10(13)4-9(6-14)5-11(12)16-3/h4-5,7-8,15H,6,14H2,1-3H3. The lowest BCUT2D eigenvalue weighted by Crippen LogP contribution is -2.26. The van der Waals surface area contributed by atoms with Crippen molar-refractivity contribution in [2.75, 3.05) is 7.11 Å². The second-order valence-corrected chi connectivity index (χ2v) is 4.73.